The maximum atomic E-state index is 11.3. The number of ether oxygens (including phenoxy) is 3. The van der Waals surface area contributed by atoms with Crippen molar-refractivity contribution in [2.75, 3.05) is 34.4 Å². The molecule has 6 heteroatoms. The fourth-order valence-corrected chi connectivity index (χ4v) is 2.15. The second kappa shape index (κ2) is 7.28. The van der Waals surface area contributed by atoms with Crippen LogP contribution in [0.1, 0.15) is 11.1 Å². The number of fused-ring (bicyclic) bond motifs is 1. The van der Waals surface area contributed by atoms with Gasteiger partial charge in [0.1, 0.15) is 6.54 Å². The molecule has 1 aromatic carbocycles. The summed E-state index contributed by atoms with van der Waals surface area (Å²) in [4.78, 5) is 11.3. The molecule has 0 saturated carbocycles. The van der Waals surface area contributed by atoms with Gasteiger partial charge in [-0.05, 0) is 17.7 Å². The molecule has 0 saturated heterocycles. The topological polar surface area (TPSA) is 47.8 Å². The van der Waals surface area contributed by atoms with Gasteiger partial charge in [0, 0.05) is 12.0 Å². The number of hydrogen-bond acceptors (Lipinski definition) is 4. The molecule has 0 aromatic heterocycles. The summed E-state index contributed by atoms with van der Waals surface area (Å²) in [6.07, 6.45) is 2.82. The average Bonchev–Trinajstić information content (AvgIpc) is 2.45. The lowest BCUT2D eigenvalue weighted by molar-refractivity contribution is -0.514. The highest BCUT2D eigenvalue weighted by Gasteiger charge is 2.21. The number of nitrogens with zero attached hydrogens (tertiary/aromatic N) is 1. The zero-order chi connectivity index (χ0) is 13.8. The van der Waals surface area contributed by atoms with E-state index in [2.05, 4.69) is 4.74 Å². The van der Waals surface area contributed by atoms with E-state index >= 15 is 0 Å². The first-order valence-corrected chi connectivity index (χ1v) is 6.08. The van der Waals surface area contributed by atoms with Crippen molar-refractivity contribution >= 4 is 12.2 Å². The monoisotopic (exact) mass is 343 g/mol. The maximum Gasteiger partial charge on any atom is 0.371 e. The third-order valence-electron chi connectivity index (χ3n) is 3.20. The zero-order valence-electron chi connectivity index (χ0n) is 11.8. The van der Waals surface area contributed by atoms with Crippen molar-refractivity contribution in [1.29, 1.82) is 0 Å². The number of carbonyl (C=O) groups is 1. The first-order chi connectivity index (χ1) is 9.17. The molecule has 2 rings (SSSR count). The minimum atomic E-state index is -0.236. The van der Waals surface area contributed by atoms with Gasteiger partial charge >= 0.3 is 5.97 Å². The van der Waals surface area contributed by atoms with Crippen LogP contribution in [0, 0.1) is 0 Å². The number of carbonyl (C=O) groups excluding carboxylic acids is 1. The Kier molecular flexibility index (Phi) is 6.01. The van der Waals surface area contributed by atoms with Crippen LogP contribution in [-0.4, -0.2) is 51.2 Å². The summed E-state index contributed by atoms with van der Waals surface area (Å²) in [6, 6.07) is 3.91. The highest BCUT2D eigenvalue weighted by Crippen LogP contribution is 2.31. The van der Waals surface area contributed by atoms with Crippen molar-refractivity contribution in [3.05, 3.63) is 23.3 Å². The van der Waals surface area contributed by atoms with Crippen molar-refractivity contribution in [2.45, 2.75) is 6.42 Å². The highest BCUT2D eigenvalue weighted by atomic mass is 79.9. The molecule has 0 atom stereocenters. The largest absolute Gasteiger partial charge is 1.00 e. The van der Waals surface area contributed by atoms with Crippen molar-refractivity contribution in [3.8, 4) is 11.5 Å². The molecule has 1 aromatic rings. The van der Waals surface area contributed by atoms with Crippen LogP contribution in [-0.2, 0) is 16.0 Å². The number of rotatable bonds is 4. The first kappa shape index (κ1) is 16.5. The molecule has 0 radical (unpaired) electrons. The van der Waals surface area contributed by atoms with Crippen molar-refractivity contribution in [1.82, 2.24) is 0 Å². The molecule has 0 unspecified atom stereocenters. The Morgan fingerprint density at radius 2 is 1.85 bits per heavy atom. The van der Waals surface area contributed by atoms with E-state index in [4.69, 9.17) is 9.47 Å². The van der Waals surface area contributed by atoms with Crippen LogP contribution >= 0.6 is 0 Å². The van der Waals surface area contributed by atoms with Crippen LogP contribution < -0.4 is 26.5 Å². The lowest BCUT2D eigenvalue weighted by atomic mass is 10.0. The van der Waals surface area contributed by atoms with Crippen LogP contribution in [0.25, 0.3) is 0 Å². The van der Waals surface area contributed by atoms with E-state index in [1.165, 1.54) is 12.7 Å². The third-order valence-corrected chi connectivity index (χ3v) is 3.20. The van der Waals surface area contributed by atoms with E-state index in [1.807, 2.05) is 22.9 Å². The Morgan fingerprint density at radius 1 is 1.20 bits per heavy atom. The third kappa shape index (κ3) is 3.50. The van der Waals surface area contributed by atoms with Gasteiger partial charge in [0.25, 0.3) is 0 Å². The molecule has 1 aliphatic heterocycles. The summed E-state index contributed by atoms with van der Waals surface area (Å²) in [5, 5.41) is 0. The zero-order valence-corrected chi connectivity index (χ0v) is 13.4. The number of hydrogen-bond donors (Lipinski definition) is 0. The number of esters is 1. The standard InChI is InChI=1S/C14H18NO4.BrH/c1-17-12-6-10-4-5-15(9-14(16)19-3)8-11(10)7-13(12)18-2;/h6-8H,4-5,9H2,1-3H3;1H/q+1;/p-1. The van der Waals surface area contributed by atoms with Gasteiger partial charge in [0.2, 0.25) is 6.54 Å². The number of halogens is 1. The van der Waals surface area contributed by atoms with E-state index < -0.39 is 0 Å². The Morgan fingerprint density at radius 3 is 2.45 bits per heavy atom. The lowest BCUT2D eigenvalue weighted by Gasteiger charge is -2.15. The minimum absolute atomic E-state index is 0. The molecule has 0 N–H and O–H groups in total. The van der Waals surface area contributed by atoms with Gasteiger partial charge in [-0.15, -0.1) is 0 Å². The van der Waals surface area contributed by atoms with Gasteiger partial charge in [-0.2, -0.15) is 0 Å². The van der Waals surface area contributed by atoms with Crippen LogP contribution in [0.5, 0.6) is 11.5 Å². The van der Waals surface area contributed by atoms with Gasteiger partial charge in [-0.3, -0.25) is 0 Å². The Hall–Kier alpha value is -1.56. The van der Waals surface area contributed by atoms with Gasteiger partial charge in [0.05, 0.1) is 21.3 Å². The minimum Gasteiger partial charge on any atom is -1.00 e. The van der Waals surface area contributed by atoms with Gasteiger partial charge in [-0.1, -0.05) is 0 Å². The molecule has 5 nitrogen and oxygen atoms in total. The lowest BCUT2D eigenvalue weighted by Crippen LogP contribution is -3.00. The quantitative estimate of drug-likeness (QED) is 0.463. The highest BCUT2D eigenvalue weighted by molar-refractivity contribution is 5.81. The smallest absolute Gasteiger partial charge is 0.371 e. The second-order valence-electron chi connectivity index (χ2n) is 4.33. The maximum absolute atomic E-state index is 11.3. The van der Waals surface area contributed by atoms with Gasteiger partial charge in [0.15, 0.2) is 17.7 Å². The van der Waals surface area contributed by atoms with E-state index in [-0.39, 0.29) is 29.5 Å². The van der Waals surface area contributed by atoms with E-state index in [0.717, 1.165) is 24.3 Å². The normalized spacial score (nSPS) is 12.7. The Balaban J connectivity index is 0.00000200. The molecule has 1 aliphatic rings. The van der Waals surface area contributed by atoms with Crippen molar-refractivity contribution in [3.63, 3.8) is 0 Å². The molecule has 1 heterocycles. The first-order valence-electron chi connectivity index (χ1n) is 6.08. The molecule has 110 valence electrons. The van der Waals surface area contributed by atoms with Crippen LogP contribution in [0.4, 0.5) is 0 Å². The molecule has 0 aliphatic carbocycles. The summed E-state index contributed by atoms with van der Waals surface area (Å²) < 4.78 is 17.2. The summed E-state index contributed by atoms with van der Waals surface area (Å²) >= 11 is 0. The SMILES string of the molecule is COC(=O)C[N+]1=Cc2cc(OC)c(OC)cc2CC1.[Br-]. The Bertz CT molecular complexity index is 528. The summed E-state index contributed by atoms with van der Waals surface area (Å²) in [7, 11) is 4.63. The Labute approximate surface area is 128 Å². The van der Waals surface area contributed by atoms with Gasteiger partial charge in [-0.25, -0.2) is 9.37 Å². The van der Waals surface area contributed by atoms with E-state index in [1.54, 1.807) is 14.2 Å². The van der Waals surface area contributed by atoms with E-state index in [0.29, 0.717) is 5.75 Å². The molecule has 0 amide bonds. The number of methoxy groups -OCH3 is 3. The van der Waals surface area contributed by atoms with Crippen LogP contribution in [0.2, 0.25) is 0 Å². The van der Waals surface area contributed by atoms with Crippen LogP contribution in [0.15, 0.2) is 12.1 Å². The molecule has 0 bridgehead atoms. The summed E-state index contributed by atoms with van der Waals surface area (Å²) in [6.45, 7) is 1.06. The molecule has 0 spiro atoms. The fraction of sp³-hybridized carbons (Fsp3) is 0.429. The van der Waals surface area contributed by atoms with Gasteiger partial charge < -0.3 is 31.2 Å². The predicted octanol–water partition coefficient (Wildman–Crippen LogP) is -2.13. The summed E-state index contributed by atoms with van der Waals surface area (Å²) in [5.74, 6) is 1.19. The predicted molar refractivity (Wildman–Crippen MR) is 70.4 cm³/mol. The molecule has 0 fully saturated rings. The van der Waals surface area contributed by atoms with E-state index in [9.17, 15) is 4.79 Å². The molecular formula is C14H18BrNO4. The molecule has 20 heavy (non-hydrogen) atoms. The van der Waals surface area contributed by atoms with Crippen LogP contribution in [0.3, 0.4) is 0 Å². The summed E-state index contributed by atoms with van der Waals surface area (Å²) in [5.41, 5.74) is 2.24. The number of benzene rings is 1. The second-order valence-corrected chi connectivity index (χ2v) is 4.33. The fourth-order valence-electron chi connectivity index (χ4n) is 2.15. The van der Waals surface area contributed by atoms with Crippen molar-refractivity contribution in [2.24, 2.45) is 0 Å². The molecular weight excluding hydrogens is 326 g/mol. The average molecular weight is 344 g/mol. The van der Waals surface area contributed by atoms with Crippen molar-refractivity contribution < 1.29 is 40.6 Å².